The molecule has 1 saturated heterocycles. The van der Waals surface area contributed by atoms with E-state index in [0.29, 0.717) is 46.1 Å². The van der Waals surface area contributed by atoms with E-state index in [-0.39, 0.29) is 6.54 Å². The number of amides is 1. The molecule has 0 aromatic heterocycles. The highest BCUT2D eigenvalue weighted by Gasteiger charge is 2.49. The fourth-order valence-electron chi connectivity index (χ4n) is 5.50. The molecule has 1 aliphatic heterocycles. The van der Waals surface area contributed by atoms with Crippen LogP contribution in [0.3, 0.4) is 0 Å². The molecule has 11 heteroatoms. The highest BCUT2D eigenvalue weighted by Crippen LogP contribution is 2.45. The number of carboxylic acids is 1. The molecule has 1 N–H and O–H groups in total. The number of nitrogens with zero attached hydrogens (tertiary/aromatic N) is 2. The molecule has 1 amide bonds. The summed E-state index contributed by atoms with van der Waals surface area (Å²) in [6.45, 7) is 1.89. The number of hydrogen-bond acceptors (Lipinski definition) is 5. The summed E-state index contributed by atoms with van der Waals surface area (Å²) in [5.41, 5.74) is 1.89. The molecule has 0 bridgehead atoms. The van der Waals surface area contributed by atoms with Crippen molar-refractivity contribution in [1.82, 2.24) is 4.90 Å². The zero-order valence-corrected chi connectivity index (χ0v) is 25.3. The summed E-state index contributed by atoms with van der Waals surface area (Å²) in [5.74, 6) is -1.70. The predicted octanol–water partition coefficient (Wildman–Crippen LogP) is 6.26. The number of hydrogen-bond donors (Lipinski definition) is 1. The van der Waals surface area contributed by atoms with Crippen molar-refractivity contribution in [2.45, 2.75) is 62.1 Å². The zero-order chi connectivity index (χ0) is 30.0. The summed E-state index contributed by atoms with van der Waals surface area (Å²) in [7, 11) is -3.70. The van der Waals surface area contributed by atoms with Gasteiger partial charge in [0.1, 0.15) is 12.2 Å². The van der Waals surface area contributed by atoms with Gasteiger partial charge in [-0.05, 0) is 66.8 Å². The second-order valence-electron chi connectivity index (χ2n) is 10.6. The van der Waals surface area contributed by atoms with E-state index in [2.05, 4.69) is 0 Å². The minimum absolute atomic E-state index is 0.00274. The van der Waals surface area contributed by atoms with E-state index in [1.54, 1.807) is 71.6 Å². The van der Waals surface area contributed by atoms with Crippen LogP contribution in [0.4, 0.5) is 5.69 Å². The van der Waals surface area contributed by atoms with Gasteiger partial charge < -0.3 is 14.7 Å². The van der Waals surface area contributed by atoms with Crippen molar-refractivity contribution in [3.05, 3.63) is 100 Å². The van der Waals surface area contributed by atoms with Crippen molar-refractivity contribution in [3.63, 3.8) is 0 Å². The summed E-state index contributed by atoms with van der Waals surface area (Å²) < 4.78 is 35.1. The number of morpholine rings is 1. The molecule has 3 aromatic carbocycles. The van der Waals surface area contributed by atoms with Gasteiger partial charge in [0.2, 0.25) is 10.0 Å². The molecular weight excluding hydrogens is 599 g/mol. The Morgan fingerprint density at radius 1 is 1.00 bits per heavy atom. The number of carbonyl (C=O) groups is 2. The van der Waals surface area contributed by atoms with E-state index >= 15 is 0 Å². The van der Waals surface area contributed by atoms with Crippen LogP contribution in [0.5, 0.6) is 0 Å². The number of para-hydroxylation sites is 1. The maximum Gasteiger partial charge on any atom is 0.306 e. The molecule has 0 radical (unpaired) electrons. The van der Waals surface area contributed by atoms with Crippen LogP contribution in [-0.4, -0.2) is 54.2 Å². The lowest BCUT2D eigenvalue weighted by Crippen LogP contribution is -2.58. The Kier molecular flexibility index (Phi) is 9.13. The highest BCUT2D eigenvalue weighted by atomic mass is 35.5. The van der Waals surface area contributed by atoms with Gasteiger partial charge in [-0.15, -0.1) is 0 Å². The van der Waals surface area contributed by atoms with Crippen molar-refractivity contribution in [1.29, 1.82) is 0 Å². The van der Waals surface area contributed by atoms with Crippen LogP contribution in [0.25, 0.3) is 0 Å². The third-order valence-electron chi connectivity index (χ3n) is 7.71. The second kappa shape index (κ2) is 12.6. The van der Waals surface area contributed by atoms with Crippen LogP contribution < -0.4 is 4.31 Å². The number of sulfonamides is 1. The molecule has 2 fully saturated rings. The molecule has 1 unspecified atom stereocenters. The number of rotatable bonds is 11. The van der Waals surface area contributed by atoms with Gasteiger partial charge in [-0.25, -0.2) is 8.42 Å². The van der Waals surface area contributed by atoms with Crippen LogP contribution >= 0.6 is 23.2 Å². The number of carbonyl (C=O) groups excluding carboxylic acids is 1. The normalized spacial score (nSPS) is 21.6. The second-order valence-corrected chi connectivity index (χ2v) is 13.6. The van der Waals surface area contributed by atoms with E-state index < -0.39 is 57.9 Å². The van der Waals surface area contributed by atoms with Crippen LogP contribution in [0.15, 0.2) is 78.9 Å². The maximum absolute atomic E-state index is 14.2. The first-order valence-electron chi connectivity index (χ1n) is 13.9. The Morgan fingerprint density at radius 3 is 2.29 bits per heavy atom. The number of halogens is 2. The van der Waals surface area contributed by atoms with E-state index in [1.165, 1.54) is 4.31 Å². The van der Waals surface area contributed by atoms with Crippen molar-refractivity contribution in [3.8, 4) is 0 Å². The van der Waals surface area contributed by atoms with Crippen LogP contribution in [0.1, 0.15) is 55.9 Å². The van der Waals surface area contributed by atoms with Crippen LogP contribution in [0.2, 0.25) is 10.0 Å². The van der Waals surface area contributed by atoms with E-state index in [9.17, 15) is 23.1 Å². The highest BCUT2D eigenvalue weighted by molar-refractivity contribution is 7.93. The zero-order valence-electron chi connectivity index (χ0n) is 23.0. The third kappa shape index (κ3) is 6.44. The van der Waals surface area contributed by atoms with Gasteiger partial charge in [-0.3, -0.25) is 13.9 Å². The number of carboxylic acid groups (broad SMARTS) is 1. The van der Waals surface area contributed by atoms with Crippen LogP contribution in [0, 0.1) is 0 Å². The quantitative estimate of drug-likeness (QED) is 0.268. The minimum atomic E-state index is -3.70. The summed E-state index contributed by atoms with van der Waals surface area (Å²) in [6.07, 6.45) is -1.03. The molecule has 1 heterocycles. The fraction of sp³-hybridized carbons (Fsp3) is 0.355. The standard InChI is InChI=1S/C31H32Cl2N2O6S/c1-2-24(19-34(25-9-4-3-5-10-25)42(39,40)26-15-16-26)35-29(20-11-13-22(32)14-12-20)30(21-7-6-8-23(33)17-21)41-27(31(35)38)18-28(36)37/h3-14,17,24,26-27,29-30H,2,15-16,18-19H2,1H3,(H,36,37)/t24-,27+,29?,30+/m0/s1. The maximum atomic E-state index is 14.2. The Bertz CT molecular complexity index is 1530. The van der Waals surface area contributed by atoms with Crippen molar-refractivity contribution < 1.29 is 27.9 Å². The third-order valence-corrected chi connectivity index (χ3v) is 10.5. The Labute approximate surface area is 255 Å². The lowest BCUT2D eigenvalue weighted by molar-refractivity contribution is -0.183. The molecule has 5 rings (SSSR count). The Morgan fingerprint density at radius 2 is 1.69 bits per heavy atom. The average molecular weight is 632 g/mol. The SMILES string of the molecule is CC[C@@H](CN(c1ccccc1)S(=O)(=O)C1CC1)N1C(=O)[C@@H](CC(=O)O)O[C@H](c2cccc(Cl)c2)C1c1ccc(Cl)cc1. The molecule has 222 valence electrons. The van der Waals surface area contributed by atoms with Crippen molar-refractivity contribution in [2.24, 2.45) is 0 Å². The Balaban J connectivity index is 1.64. The Hall–Kier alpha value is -3.11. The van der Waals surface area contributed by atoms with Gasteiger partial charge in [-0.1, -0.05) is 72.6 Å². The van der Waals surface area contributed by atoms with Gasteiger partial charge in [0.05, 0.1) is 36.0 Å². The van der Waals surface area contributed by atoms with Crippen LogP contribution in [-0.2, 0) is 24.3 Å². The molecule has 0 spiro atoms. The minimum Gasteiger partial charge on any atom is -0.481 e. The van der Waals surface area contributed by atoms with Crippen molar-refractivity contribution >= 4 is 50.8 Å². The number of ether oxygens (including phenoxy) is 1. The first kappa shape index (κ1) is 30.4. The first-order valence-corrected chi connectivity index (χ1v) is 16.1. The monoisotopic (exact) mass is 630 g/mol. The first-order chi connectivity index (χ1) is 20.1. The predicted molar refractivity (Wildman–Crippen MR) is 162 cm³/mol. The smallest absolute Gasteiger partial charge is 0.306 e. The van der Waals surface area contributed by atoms with Gasteiger partial charge in [-0.2, -0.15) is 0 Å². The molecule has 2 aliphatic rings. The largest absolute Gasteiger partial charge is 0.481 e. The summed E-state index contributed by atoms with van der Waals surface area (Å²) >= 11 is 12.6. The van der Waals surface area contributed by atoms with Gasteiger partial charge in [0.25, 0.3) is 5.91 Å². The molecule has 4 atom stereocenters. The molecule has 1 saturated carbocycles. The number of anilines is 1. The summed E-state index contributed by atoms with van der Waals surface area (Å²) in [5, 5.41) is 10.2. The van der Waals surface area contributed by atoms with Gasteiger partial charge in [0, 0.05) is 10.0 Å². The van der Waals surface area contributed by atoms with E-state index in [4.69, 9.17) is 27.9 Å². The van der Waals surface area contributed by atoms with Crippen molar-refractivity contribution in [2.75, 3.05) is 10.8 Å². The molecule has 1 aliphatic carbocycles. The fourth-order valence-corrected chi connectivity index (χ4v) is 7.71. The summed E-state index contributed by atoms with van der Waals surface area (Å²) in [6, 6.07) is 21.6. The molecular formula is C31H32Cl2N2O6S. The average Bonchev–Trinajstić information content (AvgIpc) is 3.82. The van der Waals surface area contributed by atoms with Gasteiger partial charge in [0.15, 0.2) is 0 Å². The molecule has 8 nitrogen and oxygen atoms in total. The number of benzene rings is 3. The lowest BCUT2D eigenvalue weighted by Gasteiger charge is -2.48. The topological polar surface area (TPSA) is 104 Å². The van der Waals surface area contributed by atoms with E-state index in [0.717, 1.165) is 0 Å². The molecule has 3 aromatic rings. The number of aliphatic carboxylic acids is 1. The summed E-state index contributed by atoms with van der Waals surface area (Å²) in [4.78, 5) is 27.7. The lowest BCUT2D eigenvalue weighted by atomic mass is 9.89. The molecule has 42 heavy (non-hydrogen) atoms. The van der Waals surface area contributed by atoms with E-state index in [1.807, 2.05) is 19.1 Å². The van der Waals surface area contributed by atoms with Gasteiger partial charge >= 0.3 is 5.97 Å².